The number of carbonyl (C=O) groups is 2. The monoisotopic (exact) mass is 355 g/mol. The summed E-state index contributed by atoms with van der Waals surface area (Å²) in [5.41, 5.74) is 0.721. The van der Waals surface area contributed by atoms with Gasteiger partial charge in [-0.25, -0.2) is 4.79 Å². The molecular formula is C16H15Cl2NO4. The van der Waals surface area contributed by atoms with Crippen LogP contribution in [0.25, 0.3) is 0 Å². The van der Waals surface area contributed by atoms with E-state index in [-0.39, 0.29) is 0 Å². The van der Waals surface area contributed by atoms with Gasteiger partial charge in [-0.3, -0.25) is 4.79 Å². The fourth-order valence-electron chi connectivity index (χ4n) is 1.98. The van der Waals surface area contributed by atoms with E-state index >= 15 is 0 Å². The number of nitrogens with one attached hydrogen (secondary N) is 1. The van der Waals surface area contributed by atoms with E-state index in [1.165, 1.54) is 6.92 Å². The topological polar surface area (TPSA) is 68.5 Å². The van der Waals surface area contributed by atoms with Gasteiger partial charge in [-0.1, -0.05) is 23.2 Å². The number of hydrogen-bond acceptors (Lipinski definition) is 4. The summed E-state index contributed by atoms with van der Waals surface area (Å²) < 4.78 is 10.4. The van der Waals surface area contributed by atoms with Crippen molar-refractivity contribution in [2.45, 2.75) is 26.9 Å². The van der Waals surface area contributed by atoms with Crippen LogP contribution in [0.2, 0.25) is 10.0 Å². The predicted octanol–water partition coefficient (Wildman–Crippen LogP) is 4.39. The third-order valence-electron chi connectivity index (χ3n) is 3.04. The van der Waals surface area contributed by atoms with Gasteiger partial charge in [-0.2, -0.15) is 0 Å². The van der Waals surface area contributed by atoms with Crippen LogP contribution in [0.3, 0.4) is 0 Å². The molecule has 0 spiro atoms. The van der Waals surface area contributed by atoms with Gasteiger partial charge in [-0.05, 0) is 45.0 Å². The van der Waals surface area contributed by atoms with E-state index in [2.05, 4.69) is 5.32 Å². The van der Waals surface area contributed by atoms with Crippen molar-refractivity contribution in [3.63, 3.8) is 0 Å². The lowest BCUT2D eigenvalue weighted by atomic mass is 10.2. The molecule has 1 aromatic carbocycles. The first kappa shape index (κ1) is 17.4. The Morgan fingerprint density at radius 3 is 2.26 bits per heavy atom. The Balaban J connectivity index is 2.02. The lowest BCUT2D eigenvalue weighted by Gasteiger charge is -2.13. The highest BCUT2D eigenvalue weighted by atomic mass is 35.5. The zero-order chi connectivity index (χ0) is 17.1. The molecule has 0 fully saturated rings. The van der Waals surface area contributed by atoms with Crippen molar-refractivity contribution in [2.24, 2.45) is 0 Å². The van der Waals surface area contributed by atoms with Gasteiger partial charge in [-0.15, -0.1) is 0 Å². The fourth-order valence-corrected chi connectivity index (χ4v) is 2.51. The number of esters is 1. The number of aryl methyl sites for hydroxylation is 2. The van der Waals surface area contributed by atoms with Gasteiger partial charge in [0, 0.05) is 15.7 Å². The summed E-state index contributed by atoms with van der Waals surface area (Å²) >= 11 is 11.7. The average Bonchev–Trinajstić information content (AvgIpc) is 2.76. The first-order valence-corrected chi connectivity index (χ1v) is 7.57. The lowest BCUT2D eigenvalue weighted by molar-refractivity contribution is -0.123. The third kappa shape index (κ3) is 4.50. The molecule has 0 radical (unpaired) electrons. The number of amides is 1. The van der Waals surface area contributed by atoms with E-state index in [1.807, 2.05) is 0 Å². The first-order valence-electron chi connectivity index (χ1n) is 6.81. The second kappa shape index (κ2) is 7.06. The molecular weight excluding hydrogens is 341 g/mol. The van der Waals surface area contributed by atoms with E-state index in [1.54, 1.807) is 38.1 Å². The predicted molar refractivity (Wildman–Crippen MR) is 88.2 cm³/mol. The number of furan rings is 1. The van der Waals surface area contributed by atoms with E-state index in [9.17, 15) is 9.59 Å². The minimum Gasteiger partial charge on any atom is -0.466 e. The summed E-state index contributed by atoms with van der Waals surface area (Å²) in [5.74, 6) is -0.0671. The zero-order valence-electron chi connectivity index (χ0n) is 12.8. The molecule has 1 atom stereocenters. The summed E-state index contributed by atoms with van der Waals surface area (Å²) in [4.78, 5) is 24.1. The van der Waals surface area contributed by atoms with Crippen LogP contribution in [0.5, 0.6) is 0 Å². The van der Waals surface area contributed by atoms with Crippen molar-refractivity contribution in [2.75, 3.05) is 5.32 Å². The van der Waals surface area contributed by atoms with Crippen molar-refractivity contribution in [3.05, 3.63) is 51.4 Å². The van der Waals surface area contributed by atoms with Gasteiger partial charge in [0.2, 0.25) is 0 Å². The average molecular weight is 356 g/mol. The van der Waals surface area contributed by atoms with Crippen LogP contribution in [-0.4, -0.2) is 18.0 Å². The molecule has 0 saturated heterocycles. The van der Waals surface area contributed by atoms with Gasteiger partial charge in [0.05, 0.1) is 0 Å². The van der Waals surface area contributed by atoms with Gasteiger partial charge in [0.15, 0.2) is 6.10 Å². The molecule has 0 unspecified atom stereocenters. The highest BCUT2D eigenvalue weighted by molar-refractivity contribution is 6.35. The lowest BCUT2D eigenvalue weighted by Crippen LogP contribution is -2.30. The molecule has 7 heteroatoms. The fraction of sp³-hybridized carbons (Fsp3) is 0.250. The summed E-state index contributed by atoms with van der Waals surface area (Å²) in [6.45, 7) is 4.85. The smallest absolute Gasteiger partial charge is 0.342 e. The van der Waals surface area contributed by atoms with Crippen molar-refractivity contribution in [1.82, 2.24) is 0 Å². The van der Waals surface area contributed by atoms with Crippen LogP contribution >= 0.6 is 23.2 Å². The molecule has 5 nitrogen and oxygen atoms in total. The largest absolute Gasteiger partial charge is 0.466 e. The standard InChI is InChI=1S/C16H15Cl2NO4/c1-8-4-14(9(2)22-8)16(21)23-10(3)15(20)19-13-6-11(17)5-12(18)7-13/h4-7,10H,1-3H3,(H,19,20)/t10-/m1/s1. The van der Waals surface area contributed by atoms with Crippen molar-refractivity contribution >= 4 is 40.8 Å². The Morgan fingerprint density at radius 1 is 1.13 bits per heavy atom. The minimum atomic E-state index is -0.991. The summed E-state index contributed by atoms with van der Waals surface area (Å²) in [5, 5.41) is 3.37. The number of hydrogen-bond donors (Lipinski definition) is 1. The molecule has 1 amide bonds. The van der Waals surface area contributed by atoms with Crippen LogP contribution in [0.15, 0.2) is 28.7 Å². The number of carbonyl (C=O) groups excluding carboxylic acids is 2. The molecule has 0 aliphatic carbocycles. The van der Waals surface area contributed by atoms with Gasteiger partial charge < -0.3 is 14.5 Å². The van der Waals surface area contributed by atoms with Gasteiger partial charge in [0.1, 0.15) is 17.1 Å². The molecule has 2 rings (SSSR count). The molecule has 0 aliphatic heterocycles. The van der Waals surface area contributed by atoms with Gasteiger partial charge >= 0.3 is 5.97 Å². The third-order valence-corrected chi connectivity index (χ3v) is 3.48. The molecule has 0 bridgehead atoms. The molecule has 0 aliphatic rings. The minimum absolute atomic E-state index is 0.299. The second-order valence-corrected chi connectivity index (χ2v) is 5.89. The molecule has 1 heterocycles. The van der Waals surface area contributed by atoms with Crippen LogP contribution < -0.4 is 5.32 Å². The number of halogens is 2. The van der Waals surface area contributed by atoms with Gasteiger partial charge in [0.25, 0.3) is 5.91 Å². The molecule has 0 saturated carbocycles. The van der Waals surface area contributed by atoms with Crippen molar-refractivity contribution < 1.29 is 18.7 Å². The number of ether oxygens (including phenoxy) is 1. The van der Waals surface area contributed by atoms with Crippen LogP contribution in [0.1, 0.15) is 28.8 Å². The maximum absolute atomic E-state index is 12.1. The van der Waals surface area contributed by atoms with E-state index < -0.39 is 18.0 Å². The SMILES string of the molecule is Cc1cc(C(=O)O[C@H](C)C(=O)Nc2cc(Cl)cc(Cl)c2)c(C)o1. The first-order chi connectivity index (χ1) is 10.8. The summed E-state index contributed by atoms with van der Waals surface area (Å²) in [6.07, 6.45) is -0.991. The highest BCUT2D eigenvalue weighted by Crippen LogP contribution is 2.23. The Bertz CT molecular complexity index is 734. The number of anilines is 1. The maximum atomic E-state index is 12.1. The van der Waals surface area contributed by atoms with E-state index in [0.717, 1.165) is 0 Å². The second-order valence-electron chi connectivity index (χ2n) is 5.02. The van der Waals surface area contributed by atoms with E-state index in [4.69, 9.17) is 32.4 Å². The Kier molecular flexibility index (Phi) is 5.34. The Morgan fingerprint density at radius 2 is 1.74 bits per heavy atom. The Hall–Kier alpha value is -1.98. The van der Waals surface area contributed by atoms with Crippen LogP contribution in [0, 0.1) is 13.8 Å². The quantitative estimate of drug-likeness (QED) is 0.825. The molecule has 122 valence electrons. The number of rotatable bonds is 4. The van der Waals surface area contributed by atoms with Crippen molar-refractivity contribution in [1.29, 1.82) is 0 Å². The summed E-state index contributed by atoms with van der Waals surface area (Å²) in [7, 11) is 0. The van der Waals surface area contributed by atoms with Crippen molar-refractivity contribution in [3.8, 4) is 0 Å². The molecule has 2 aromatic rings. The maximum Gasteiger partial charge on any atom is 0.342 e. The molecule has 1 aromatic heterocycles. The highest BCUT2D eigenvalue weighted by Gasteiger charge is 2.22. The van der Waals surface area contributed by atoms with Crippen LogP contribution in [-0.2, 0) is 9.53 Å². The molecule has 1 N–H and O–H groups in total. The summed E-state index contributed by atoms with van der Waals surface area (Å²) in [6, 6.07) is 6.21. The number of benzene rings is 1. The normalized spacial score (nSPS) is 11.9. The molecule has 23 heavy (non-hydrogen) atoms. The van der Waals surface area contributed by atoms with Crippen LogP contribution in [0.4, 0.5) is 5.69 Å². The zero-order valence-corrected chi connectivity index (χ0v) is 14.3. The van der Waals surface area contributed by atoms with E-state index in [0.29, 0.717) is 32.8 Å². The Labute approximate surface area is 143 Å².